The monoisotopic (exact) mass is 286 g/mol. The average molecular weight is 287 g/mol. The van der Waals surface area contributed by atoms with Crippen LogP contribution in [0, 0.1) is 0 Å². The fraction of sp³-hybridized carbons (Fsp3) is 0.188. The number of rotatable bonds is 2. The molecule has 1 atom stereocenters. The molecule has 3 rings (SSSR count). The summed E-state index contributed by atoms with van der Waals surface area (Å²) < 4.78 is 0. The van der Waals surface area contributed by atoms with Crippen LogP contribution in [0.4, 0.5) is 0 Å². The van der Waals surface area contributed by atoms with E-state index in [0.29, 0.717) is 5.56 Å². The van der Waals surface area contributed by atoms with Gasteiger partial charge in [-0.15, -0.1) is 0 Å². The highest BCUT2D eigenvalue weighted by molar-refractivity contribution is 6.30. The number of nitrogens with one attached hydrogen (secondary N) is 2. The molecule has 0 fully saturated rings. The Bertz CT molecular complexity index is 628. The second-order valence-electron chi connectivity index (χ2n) is 4.87. The van der Waals surface area contributed by atoms with Gasteiger partial charge < -0.3 is 10.6 Å². The summed E-state index contributed by atoms with van der Waals surface area (Å²) in [5, 5.41) is 7.09. The molecule has 102 valence electrons. The van der Waals surface area contributed by atoms with Gasteiger partial charge in [0.15, 0.2) is 0 Å². The van der Waals surface area contributed by atoms with Gasteiger partial charge in [0.2, 0.25) is 0 Å². The summed E-state index contributed by atoms with van der Waals surface area (Å²) >= 11 is 6.01. The van der Waals surface area contributed by atoms with E-state index < -0.39 is 0 Å². The summed E-state index contributed by atoms with van der Waals surface area (Å²) in [6.45, 7) is 1.51. The van der Waals surface area contributed by atoms with E-state index >= 15 is 0 Å². The standard InChI is InChI=1S/C16H15ClN2O/c17-13-6-7-14-12(8-13)9-18-10-15(14)19-16(20)11-4-2-1-3-5-11/h1-8,15,18H,9-10H2,(H,19,20). The first-order valence-electron chi connectivity index (χ1n) is 6.59. The van der Waals surface area contributed by atoms with Crippen LogP contribution >= 0.6 is 11.6 Å². The van der Waals surface area contributed by atoms with E-state index in [1.165, 1.54) is 0 Å². The number of carbonyl (C=O) groups is 1. The first-order chi connectivity index (χ1) is 9.74. The minimum atomic E-state index is -0.0554. The number of amides is 1. The summed E-state index contributed by atoms with van der Waals surface area (Å²) in [5.74, 6) is -0.0554. The van der Waals surface area contributed by atoms with Gasteiger partial charge in [0, 0.05) is 23.7 Å². The Hall–Kier alpha value is -1.84. The third-order valence-corrected chi connectivity index (χ3v) is 3.72. The Labute approximate surface area is 123 Å². The van der Waals surface area contributed by atoms with Crippen LogP contribution in [0.15, 0.2) is 48.5 Å². The van der Waals surface area contributed by atoms with Crippen molar-refractivity contribution in [2.45, 2.75) is 12.6 Å². The van der Waals surface area contributed by atoms with E-state index in [4.69, 9.17) is 11.6 Å². The molecule has 0 bridgehead atoms. The Morgan fingerprint density at radius 3 is 2.80 bits per heavy atom. The molecule has 1 aliphatic rings. The molecule has 1 aliphatic heterocycles. The third kappa shape index (κ3) is 2.69. The van der Waals surface area contributed by atoms with Crippen LogP contribution in [0.25, 0.3) is 0 Å². The highest BCUT2D eigenvalue weighted by Crippen LogP contribution is 2.25. The van der Waals surface area contributed by atoms with Crippen molar-refractivity contribution in [3.05, 3.63) is 70.2 Å². The molecule has 4 heteroatoms. The SMILES string of the molecule is O=C(NC1CNCc2cc(Cl)ccc21)c1ccccc1. The zero-order chi connectivity index (χ0) is 13.9. The van der Waals surface area contributed by atoms with Crippen molar-refractivity contribution >= 4 is 17.5 Å². The normalized spacial score (nSPS) is 17.4. The van der Waals surface area contributed by atoms with Gasteiger partial charge in [0.25, 0.3) is 5.91 Å². The predicted molar refractivity (Wildman–Crippen MR) is 79.8 cm³/mol. The lowest BCUT2D eigenvalue weighted by molar-refractivity contribution is 0.0934. The van der Waals surface area contributed by atoms with Gasteiger partial charge in [0.1, 0.15) is 0 Å². The topological polar surface area (TPSA) is 41.1 Å². The Kier molecular flexibility index (Phi) is 3.72. The number of halogens is 1. The molecular weight excluding hydrogens is 272 g/mol. The second-order valence-corrected chi connectivity index (χ2v) is 5.30. The maximum absolute atomic E-state index is 12.2. The molecule has 3 nitrogen and oxygen atoms in total. The van der Waals surface area contributed by atoms with Crippen molar-refractivity contribution < 1.29 is 4.79 Å². The van der Waals surface area contributed by atoms with E-state index in [-0.39, 0.29) is 11.9 Å². The predicted octanol–water partition coefficient (Wildman–Crippen LogP) is 2.91. The molecule has 0 saturated carbocycles. The molecule has 0 aliphatic carbocycles. The minimum Gasteiger partial charge on any atom is -0.344 e. The highest BCUT2D eigenvalue weighted by atomic mass is 35.5. The maximum Gasteiger partial charge on any atom is 0.251 e. The summed E-state index contributed by atoms with van der Waals surface area (Å²) in [4.78, 5) is 12.2. The molecule has 2 aromatic carbocycles. The average Bonchev–Trinajstić information content (AvgIpc) is 2.48. The lowest BCUT2D eigenvalue weighted by atomic mass is 9.96. The van der Waals surface area contributed by atoms with Crippen LogP contribution in [-0.4, -0.2) is 12.5 Å². The van der Waals surface area contributed by atoms with Crippen molar-refractivity contribution in [3.63, 3.8) is 0 Å². The van der Waals surface area contributed by atoms with Gasteiger partial charge in [-0.25, -0.2) is 0 Å². The molecule has 20 heavy (non-hydrogen) atoms. The quantitative estimate of drug-likeness (QED) is 0.891. The van der Waals surface area contributed by atoms with Crippen LogP contribution in [0.5, 0.6) is 0 Å². The van der Waals surface area contributed by atoms with Crippen molar-refractivity contribution in [1.29, 1.82) is 0 Å². The number of benzene rings is 2. The summed E-state index contributed by atoms with van der Waals surface area (Å²) in [5.41, 5.74) is 2.95. The number of fused-ring (bicyclic) bond motifs is 1. The number of hydrogen-bond acceptors (Lipinski definition) is 2. The molecule has 2 aromatic rings. The molecule has 0 aromatic heterocycles. The fourth-order valence-corrected chi connectivity index (χ4v) is 2.68. The first kappa shape index (κ1) is 13.2. The summed E-state index contributed by atoms with van der Waals surface area (Å²) in [6, 6.07) is 15.0. The Morgan fingerprint density at radius 2 is 2.00 bits per heavy atom. The molecule has 1 amide bonds. The fourth-order valence-electron chi connectivity index (χ4n) is 2.49. The molecule has 0 radical (unpaired) electrons. The van der Waals surface area contributed by atoms with Crippen LogP contribution in [0.3, 0.4) is 0 Å². The summed E-state index contributed by atoms with van der Waals surface area (Å²) in [7, 11) is 0. The Morgan fingerprint density at radius 1 is 1.20 bits per heavy atom. The summed E-state index contributed by atoms with van der Waals surface area (Å²) in [6.07, 6.45) is 0. The van der Waals surface area contributed by atoms with Crippen molar-refractivity contribution in [3.8, 4) is 0 Å². The zero-order valence-corrected chi connectivity index (χ0v) is 11.7. The maximum atomic E-state index is 12.2. The van der Waals surface area contributed by atoms with Crippen molar-refractivity contribution in [2.24, 2.45) is 0 Å². The van der Waals surface area contributed by atoms with Gasteiger partial charge in [-0.1, -0.05) is 35.9 Å². The van der Waals surface area contributed by atoms with E-state index in [0.717, 1.165) is 29.2 Å². The second kappa shape index (κ2) is 5.65. The molecule has 1 heterocycles. The number of carbonyl (C=O) groups excluding carboxylic acids is 1. The molecule has 0 spiro atoms. The minimum absolute atomic E-state index is 0.0243. The van der Waals surface area contributed by atoms with E-state index in [2.05, 4.69) is 10.6 Å². The van der Waals surface area contributed by atoms with Crippen LogP contribution in [0.2, 0.25) is 5.02 Å². The zero-order valence-electron chi connectivity index (χ0n) is 10.9. The third-order valence-electron chi connectivity index (χ3n) is 3.49. The highest BCUT2D eigenvalue weighted by Gasteiger charge is 2.22. The largest absolute Gasteiger partial charge is 0.344 e. The molecule has 0 saturated heterocycles. The first-order valence-corrected chi connectivity index (χ1v) is 6.97. The molecule has 2 N–H and O–H groups in total. The van der Waals surface area contributed by atoms with E-state index in [9.17, 15) is 4.79 Å². The van der Waals surface area contributed by atoms with Gasteiger partial charge >= 0.3 is 0 Å². The van der Waals surface area contributed by atoms with Crippen molar-refractivity contribution in [2.75, 3.05) is 6.54 Å². The lowest BCUT2D eigenvalue weighted by Gasteiger charge is -2.27. The molecule has 1 unspecified atom stereocenters. The molecular formula is C16H15ClN2O. The van der Waals surface area contributed by atoms with Crippen LogP contribution in [0.1, 0.15) is 27.5 Å². The smallest absolute Gasteiger partial charge is 0.251 e. The van der Waals surface area contributed by atoms with Gasteiger partial charge in [0.05, 0.1) is 6.04 Å². The Balaban J connectivity index is 1.81. The van der Waals surface area contributed by atoms with Gasteiger partial charge in [-0.3, -0.25) is 4.79 Å². The lowest BCUT2D eigenvalue weighted by Crippen LogP contribution is -2.39. The van der Waals surface area contributed by atoms with E-state index in [1.54, 1.807) is 0 Å². The van der Waals surface area contributed by atoms with Gasteiger partial charge in [-0.2, -0.15) is 0 Å². The van der Waals surface area contributed by atoms with E-state index in [1.807, 2.05) is 48.5 Å². The van der Waals surface area contributed by atoms with Crippen LogP contribution in [-0.2, 0) is 6.54 Å². The van der Waals surface area contributed by atoms with Crippen molar-refractivity contribution in [1.82, 2.24) is 10.6 Å². The number of hydrogen-bond donors (Lipinski definition) is 2. The van der Waals surface area contributed by atoms with Gasteiger partial charge in [-0.05, 0) is 35.4 Å². The van der Waals surface area contributed by atoms with Crippen LogP contribution < -0.4 is 10.6 Å².